The van der Waals surface area contributed by atoms with Crippen LogP contribution in [0.2, 0.25) is 10.2 Å². The molecule has 2 aromatic rings. The summed E-state index contributed by atoms with van der Waals surface area (Å²) < 4.78 is 1.61. The minimum absolute atomic E-state index is 0.370. The summed E-state index contributed by atoms with van der Waals surface area (Å²) >= 11 is 12.2. The Bertz CT molecular complexity index is 611. The number of hydrogen-bond donors (Lipinski definition) is 0. The van der Waals surface area contributed by atoms with Gasteiger partial charge in [0.2, 0.25) is 0 Å². The first-order valence-corrected chi connectivity index (χ1v) is 6.31. The van der Waals surface area contributed by atoms with Gasteiger partial charge >= 0.3 is 0 Å². The van der Waals surface area contributed by atoms with E-state index in [1.165, 1.54) is 0 Å². The van der Waals surface area contributed by atoms with Crippen LogP contribution < -0.4 is 0 Å². The molecule has 92 valence electrons. The molecular weight excluding hydrogens is 269 g/mol. The highest BCUT2D eigenvalue weighted by Gasteiger charge is 2.15. The fraction of sp³-hybridized carbons (Fsp3) is 0.231. The van der Waals surface area contributed by atoms with Crippen molar-refractivity contribution >= 4 is 23.2 Å². The number of nitriles is 1. The Morgan fingerprint density at radius 3 is 2.61 bits per heavy atom. The summed E-state index contributed by atoms with van der Waals surface area (Å²) in [4.78, 5) is 0. The van der Waals surface area contributed by atoms with Crippen molar-refractivity contribution in [2.24, 2.45) is 0 Å². The molecule has 18 heavy (non-hydrogen) atoms. The Kier molecular flexibility index (Phi) is 3.90. The summed E-state index contributed by atoms with van der Waals surface area (Å²) in [6.07, 6.45) is 0.679. The molecule has 0 spiro atoms. The molecule has 0 saturated heterocycles. The lowest BCUT2D eigenvalue weighted by molar-refractivity contribution is 0.674. The third-order valence-electron chi connectivity index (χ3n) is 2.69. The topological polar surface area (TPSA) is 41.6 Å². The van der Waals surface area contributed by atoms with E-state index < -0.39 is 0 Å². The molecule has 0 radical (unpaired) electrons. The van der Waals surface area contributed by atoms with Crippen LogP contribution in [0.1, 0.15) is 23.7 Å². The summed E-state index contributed by atoms with van der Waals surface area (Å²) in [6.45, 7) is 2.41. The minimum Gasteiger partial charge on any atom is -0.248 e. The quantitative estimate of drug-likeness (QED) is 0.860. The van der Waals surface area contributed by atoms with Gasteiger partial charge in [0.1, 0.15) is 16.8 Å². The lowest BCUT2D eigenvalue weighted by atomic mass is 10.2. The van der Waals surface area contributed by atoms with Gasteiger partial charge in [-0.3, -0.25) is 0 Å². The molecule has 1 heterocycles. The van der Waals surface area contributed by atoms with Crippen LogP contribution in [0.5, 0.6) is 0 Å². The van der Waals surface area contributed by atoms with Crippen LogP contribution in [0.4, 0.5) is 0 Å². The van der Waals surface area contributed by atoms with Crippen molar-refractivity contribution < 1.29 is 0 Å². The van der Waals surface area contributed by atoms with Crippen molar-refractivity contribution in [3.63, 3.8) is 0 Å². The van der Waals surface area contributed by atoms with E-state index in [-0.39, 0.29) is 0 Å². The zero-order chi connectivity index (χ0) is 13.1. The average Bonchev–Trinajstić information content (AvgIpc) is 2.68. The second-order valence-electron chi connectivity index (χ2n) is 3.83. The third-order valence-corrected chi connectivity index (χ3v) is 3.44. The molecule has 0 atom stereocenters. The normalized spacial score (nSPS) is 10.3. The summed E-state index contributed by atoms with van der Waals surface area (Å²) in [5, 5.41) is 14.4. The molecule has 5 heteroatoms. The Labute approximate surface area is 116 Å². The fourth-order valence-electron chi connectivity index (χ4n) is 1.74. The zero-order valence-corrected chi connectivity index (χ0v) is 11.3. The first kappa shape index (κ1) is 12.9. The lowest BCUT2D eigenvalue weighted by Gasteiger charge is -2.05. The largest absolute Gasteiger partial charge is 0.248 e. The Morgan fingerprint density at radius 2 is 2.06 bits per heavy atom. The highest BCUT2D eigenvalue weighted by molar-refractivity contribution is 6.31. The molecule has 0 amide bonds. The Morgan fingerprint density at radius 1 is 1.33 bits per heavy atom. The van der Waals surface area contributed by atoms with E-state index in [0.717, 1.165) is 11.3 Å². The van der Waals surface area contributed by atoms with Crippen LogP contribution in [-0.2, 0) is 13.0 Å². The second-order valence-corrected chi connectivity index (χ2v) is 4.59. The van der Waals surface area contributed by atoms with Crippen LogP contribution in [0.25, 0.3) is 0 Å². The van der Waals surface area contributed by atoms with E-state index in [0.29, 0.717) is 28.7 Å². The van der Waals surface area contributed by atoms with Gasteiger partial charge in [-0.05, 0) is 18.1 Å². The van der Waals surface area contributed by atoms with Crippen LogP contribution >= 0.6 is 23.2 Å². The van der Waals surface area contributed by atoms with Gasteiger partial charge in [0, 0.05) is 5.02 Å². The maximum absolute atomic E-state index is 9.05. The molecule has 3 nitrogen and oxygen atoms in total. The second kappa shape index (κ2) is 5.43. The first-order chi connectivity index (χ1) is 8.67. The van der Waals surface area contributed by atoms with E-state index in [9.17, 15) is 0 Å². The molecule has 1 aromatic carbocycles. The average molecular weight is 280 g/mol. The summed E-state index contributed by atoms with van der Waals surface area (Å²) in [7, 11) is 0. The highest BCUT2D eigenvalue weighted by atomic mass is 35.5. The van der Waals surface area contributed by atoms with E-state index in [1.54, 1.807) is 4.68 Å². The van der Waals surface area contributed by atoms with E-state index >= 15 is 0 Å². The van der Waals surface area contributed by atoms with Crippen molar-refractivity contribution in [2.75, 3.05) is 0 Å². The third kappa shape index (κ3) is 2.35. The SMILES string of the molecule is CCc1nn(Cc2ccccc2Cl)c(Cl)c1C#N. The number of aryl methyl sites for hydroxylation is 1. The molecule has 2 rings (SSSR count). The van der Waals surface area contributed by atoms with Gasteiger partial charge < -0.3 is 0 Å². The minimum atomic E-state index is 0.370. The van der Waals surface area contributed by atoms with Gasteiger partial charge in [0.25, 0.3) is 0 Å². The van der Waals surface area contributed by atoms with E-state index in [1.807, 2.05) is 31.2 Å². The standard InChI is InChI=1S/C13H11Cl2N3/c1-2-12-10(7-16)13(15)18(17-12)8-9-5-3-4-6-11(9)14/h3-6H,2,8H2,1H3. The van der Waals surface area contributed by atoms with Gasteiger partial charge in [-0.2, -0.15) is 10.4 Å². The maximum Gasteiger partial charge on any atom is 0.145 e. The Hall–Kier alpha value is -1.50. The van der Waals surface area contributed by atoms with Crippen LogP contribution in [0, 0.1) is 11.3 Å². The van der Waals surface area contributed by atoms with Crippen molar-refractivity contribution in [1.82, 2.24) is 9.78 Å². The summed E-state index contributed by atoms with van der Waals surface area (Å²) in [5.41, 5.74) is 2.09. The monoisotopic (exact) mass is 279 g/mol. The smallest absolute Gasteiger partial charge is 0.145 e. The molecule has 0 aliphatic rings. The van der Waals surface area contributed by atoms with E-state index in [4.69, 9.17) is 28.5 Å². The van der Waals surface area contributed by atoms with Crippen molar-refractivity contribution in [3.8, 4) is 6.07 Å². The first-order valence-electron chi connectivity index (χ1n) is 5.56. The number of benzene rings is 1. The van der Waals surface area contributed by atoms with Gasteiger partial charge in [-0.25, -0.2) is 4.68 Å². The lowest BCUT2D eigenvalue weighted by Crippen LogP contribution is -2.03. The molecular formula is C13H11Cl2N3. The van der Waals surface area contributed by atoms with Gasteiger partial charge in [-0.15, -0.1) is 0 Å². The summed E-state index contributed by atoms with van der Waals surface area (Å²) in [6, 6.07) is 9.60. The molecule has 0 N–H and O–H groups in total. The van der Waals surface area contributed by atoms with Gasteiger partial charge in [0.15, 0.2) is 0 Å². The van der Waals surface area contributed by atoms with Crippen molar-refractivity contribution in [1.29, 1.82) is 5.26 Å². The fourth-order valence-corrected chi connectivity index (χ4v) is 2.18. The molecule has 0 unspecified atom stereocenters. The predicted octanol–water partition coefficient (Wildman–Crippen LogP) is 3.67. The zero-order valence-electron chi connectivity index (χ0n) is 9.82. The van der Waals surface area contributed by atoms with E-state index in [2.05, 4.69) is 11.2 Å². The molecule has 0 aliphatic heterocycles. The van der Waals surface area contributed by atoms with Gasteiger partial charge in [-0.1, -0.05) is 48.3 Å². The van der Waals surface area contributed by atoms with Crippen LogP contribution in [0.15, 0.2) is 24.3 Å². The number of nitrogens with zero attached hydrogens (tertiary/aromatic N) is 3. The van der Waals surface area contributed by atoms with Crippen molar-refractivity contribution in [3.05, 3.63) is 51.3 Å². The van der Waals surface area contributed by atoms with Crippen LogP contribution in [-0.4, -0.2) is 9.78 Å². The molecule has 0 aliphatic carbocycles. The molecule has 0 fully saturated rings. The highest BCUT2D eigenvalue weighted by Crippen LogP contribution is 2.23. The number of halogens is 2. The molecule has 0 saturated carbocycles. The number of aromatic nitrogens is 2. The van der Waals surface area contributed by atoms with Crippen molar-refractivity contribution in [2.45, 2.75) is 19.9 Å². The Balaban J connectivity index is 2.39. The summed E-state index contributed by atoms with van der Waals surface area (Å²) in [5.74, 6) is 0. The number of rotatable bonds is 3. The maximum atomic E-state index is 9.05. The molecule has 0 bridgehead atoms. The van der Waals surface area contributed by atoms with Crippen LogP contribution in [0.3, 0.4) is 0 Å². The van der Waals surface area contributed by atoms with Gasteiger partial charge in [0.05, 0.1) is 12.2 Å². The molecule has 1 aromatic heterocycles. The predicted molar refractivity (Wildman–Crippen MR) is 71.9 cm³/mol. The number of hydrogen-bond acceptors (Lipinski definition) is 2.